The minimum atomic E-state index is -1.81. The summed E-state index contributed by atoms with van der Waals surface area (Å²) in [4.78, 5) is 8.89. The van der Waals surface area contributed by atoms with Gasteiger partial charge in [-0.2, -0.15) is 0 Å². The summed E-state index contributed by atoms with van der Waals surface area (Å²) in [5.41, 5.74) is 8.41. The molecule has 33 heavy (non-hydrogen) atoms. The van der Waals surface area contributed by atoms with Crippen LogP contribution in [0.5, 0.6) is 0 Å². The number of thiophene rings is 1. The number of hydrogen-bond acceptors (Lipinski definition) is 6. The van der Waals surface area contributed by atoms with E-state index in [1.54, 1.807) is 6.07 Å². The maximum atomic E-state index is 15.1. The van der Waals surface area contributed by atoms with E-state index in [-0.39, 0.29) is 14.9 Å². The van der Waals surface area contributed by atoms with E-state index in [2.05, 4.69) is 35.2 Å². The van der Waals surface area contributed by atoms with Crippen molar-refractivity contribution in [2.24, 2.45) is 0 Å². The summed E-state index contributed by atoms with van der Waals surface area (Å²) >= 11 is 14.7. The van der Waals surface area contributed by atoms with Crippen LogP contribution in [0.25, 0.3) is 22.2 Å². The smallest absolute Gasteiger partial charge is 0.225 e. The summed E-state index contributed by atoms with van der Waals surface area (Å²) in [5, 5.41) is 0.705. The first-order chi connectivity index (χ1) is 15.8. The van der Waals surface area contributed by atoms with Crippen LogP contribution >= 0.6 is 50.5 Å². The van der Waals surface area contributed by atoms with Crippen LogP contribution in [-0.2, 0) is 11.4 Å². The van der Waals surface area contributed by atoms with Gasteiger partial charge in [0, 0.05) is 17.8 Å². The molecular formula is C21H17BrCl2FN5OS2. The molecule has 3 heterocycles. The number of rotatable bonds is 5. The molecule has 172 valence electrons. The number of aromatic nitrogens is 3. The van der Waals surface area contributed by atoms with Gasteiger partial charge < -0.3 is 14.9 Å². The van der Waals surface area contributed by atoms with E-state index in [9.17, 15) is 4.55 Å². The van der Waals surface area contributed by atoms with Crippen LogP contribution in [0.15, 0.2) is 40.1 Å². The molecule has 3 N–H and O–H groups in total. The van der Waals surface area contributed by atoms with Crippen LogP contribution in [0.4, 0.5) is 15.9 Å². The minimum absolute atomic E-state index is 0.0751. The third-order valence-electron chi connectivity index (χ3n) is 5.75. The van der Waals surface area contributed by atoms with Gasteiger partial charge in [0.15, 0.2) is 10.2 Å². The van der Waals surface area contributed by atoms with Crippen molar-refractivity contribution in [3.05, 3.63) is 49.7 Å². The molecule has 6 nitrogen and oxygen atoms in total. The van der Waals surface area contributed by atoms with Crippen molar-refractivity contribution in [3.8, 4) is 11.1 Å². The zero-order valence-electron chi connectivity index (χ0n) is 16.9. The van der Waals surface area contributed by atoms with Crippen molar-refractivity contribution < 1.29 is 8.94 Å². The summed E-state index contributed by atoms with van der Waals surface area (Å²) < 4.78 is 33.7. The number of halogens is 4. The number of nitrogen functional groups attached to an aromatic ring is 1. The maximum Gasteiger partial charge on any atom is 0.225 e. The number of benzene rings is 1. The monoisotopic (exact) mass is 587 g/mol. The lowest BCUT2D eigenvalue weighted by molar-refractivity contribution is 0.532. The van der Waals surface area contributed by atoms with Gasteiger partial charge in [0.05, 0.1) is 5.39 Å². The van der Waals surface area contributed by atoms with Gasteiger partial charge >= 0.3 is 0 Å². The van der Waals surface area contributed by atoms with Crippen molar-refractivity contribution in [1.29, 1.82) is 0 Å². The number of fused-ring (bicyclic) bond motifs is 1. The molecule has 4 aromatic rings. The van der Waals surface area contributed by atoms with Crippen molar-refractivity contribution in [2.45, 2.75) is 36.6 Å². The van der Waals surface area contributed by atoms with Gasteiger partial charge in [0.2, 0.25) is 4.90 Å². The highest BCUT2D eigenvalue weighted by Crippen LogP contribution is 2.44. The summed E-state index contributed by atoms with van der Waals surface area (Å²) in [6.07, 6.45) is 7.91. The van der Waals surface area contributed by atoms with Crippen molar-refractivity contribution in [2.75, 3.05) is 10.5 Å². The Balaban J connectivity index is 1.51. The SMILES string of the molecule is Nc1ncnc2c1c(-c1ccc(N[S+]([O-])c3c(Cl)sc(Cl)c3Br)c(F)c1)cn2C1CCCC1. The average Bonchev–Trinajstić information content (AvgIpc) is 3.48. The van der Waals surface area contributed by atoms with Crippen LogP contribution in [0.3, 0.4) is 0 Å². The lowest BCUT2D eigenvalue weighted by Crippen LogP contribution is -2.14. The molecule has 0 aliphatic heterocycles. The quantitative estimate of drug-likeness (QED) is 0.240. The molecule has 12 heteroatoms. The second kappa shape index (κ2) is 9.24. The van der Waals surface area contributed by atoms with Crippen molar-refractivity contribution in [1.82, 2.24) is 14.5 Å². The average molecular weight is 589 g/mol. The molecule has 1 atom stereocenters. The van der Waals surface area contributed by atoms with Gasteiger partial charge in [0.1, 0.15) is 43.7 Å². The van der Waals surface area contributed by atoms with Crippen LogP contribution in [0.1, 0.15) is 31.7 Å². The minimum Gasteiger partial charge on any atom is -0.588 e. The number of nitrogens with two attached hydrogens (primary N) is 1. The lowest BCUT2D eigenvalue weighted by atomic mass is 10.1. The molecule has 3 aromatic heterocycles. The van der Waals surface area contributed by atoms with E-state index in [0.29, 0.717) is 31.6 Å². The Morgan fingerprint density at radius 3 is 2.67 bits per heavy atom. The summed E-state index contributed by atoms with van der Waals surface area (Å²) in [6, 6.07) is 5.01. The van der Waals surface area contributed by atoms with E-state index >= 15 is 4.39 Å². The van der Waals surface area contributed by atoms with E-state index in [4.69, 9.17) is 28.9 Å². The normalized spacial score (nSPS) is 15.4. The van der Waals surface area contributed by atoms with Crippen LogP contribution < -0.4 is 10.5 Å². The van der Waals surface area contributed by atoms with Crippen molar-refractivity contribution in [3.63, 3.8) is 0 Å². The van der Waals surface area contributed by atoms with E-state index in [1.807, 2.05) is 6.20 Å². The molecule has 0 amide bonds. The molecule has 0 saturated heterocycles. The second-order valence-corrected chi connectivity index (χ2v) is 11.9. The molecule has 1 aliphatic rings. The summed E-state index contributed by atoms with van der Waals surface area (Å²) in [5.74, 6) is -0.212. The zero-order valence-corrected chi connectivity index (χ0v) is 21.7. The molecule has 0 radical (unpaired) electrons. The Bertz CT molecular complexity index is 1360. The molecule has 1 fully saturated rings. The standard InChI is InChI=1S/C21H17BrCl2FN5OS2/c22-16-17(19(24)32-18(16)23)33(31)29-14-6-5-10(7-13(14)25)12-8-30(11-3-1-2-4-11)21-15(12)20(26)27-9-28-21/h5-9,11,29H,1-4H2,(H2,26,27,28). The van der Waals surface area contributed by atoms with Gasteiger partial charge in [-0.25, -0.2) is 19.1 Å². The van der Waals surface area contributed by atoms with Crippen LogP contribution in [-0.4, -0.2) is 19.1 Å². The predicted octanol–water partition coefficient (Wildman–Crippen LogP) is 7.20. The fourth-order valence-corrected chi connectivity index (χ4v) is 8.21. The highest BCUT2D eigenvalue weighted by atomic mass is 79.9. The van der Waals surface area contributed by atoms with Crippen LogP contribution in [0, 0.1) is 5.82 Å². The van der Waals surface area contributed by atoms with Crippen molar-refractivity contribution >= 4 is 84.4 Å². The molecule has 0 spiro atoms. The molecule has 1 aromatic carbocycles. The first-order valence-corrected chi connectivity index (χ1v) is 13.6. The third kappa shape index (κ3) is 4.21. The number of anilines is 2. The van der Waals surface area contributed by atoms with Crippen LogP contribution in [0.2, 0.25) is 8.67 Å². The van der Waals surface area contributed by atoms with Gasteiger partial charge in [-0.1, -0.05) is 42.1 Å². The number of nitrogens with one attached hydrogen (secondary N) is 1. The Morgan fingerprint density at radius 1 is 1.24 bits per heavy atom. The molecule has 5 rings (SSSR count). The Labute approximate surface area is 214 Å². The first-order valence-electron chi connectivity index (χ1n) is 10.1. The highest BCUT2D eigenvalue weighted by molar-refractivity contribution is 9.10. The molecular weight excluding hydrogens is 572 g/mol. The Kier molecular flexibility index (Phi) is 6.49. The fourth-order valence-electron chi connectivity index (χ4n) is 4.20. The first kappa shape index (κ1) is 23.2. The number of nitrogens with zero attached hydrogens (tertiary/aromatic N) is 3. The Morgan fingerprint density at radius 2 is 2.00 bits per heavy atom. The van der Waals surface area contributed by atoms with E-state index in [1.165, 1.54) is 31.3 Å². The fraction of sp³-hybridized carbons (Fsp3) is 0.238. The molecule has 1 saturated carbocycles. The second-order valence-electron chi connectivity index (χ2n) is 7.70. The van der Waals surface area contributed by atoms with Gasteiger partial charge in [-0.3, -0.25) is 0 Å². The Hall–Kier alpha value is -1.56. The van der Waals surface area contributed by atoms with Gasteiger partial charge in [0.25, 0.3) is 0 Å². The summed E-state index contributed by atoms with van der Waals surface area (Å²) in [7, 11) is 0. The summed E-state index contributed by atoms with van der Waals surface area (Å²) in [6.45, 7) is 0. The predicted molar refractivity (Wildman–Crippen MR) is 137 cm³/mol. The highest BCUT2D eigenvalue weighted by Gasteiger charge is 2.27. The largest absolute Gasteiger partial charge is 0.588 e. The number of hydrogen-bond donors (Lipinski definition) is 2. The molecule has 1 unspecified atom stereocenters. The molecule has 1 aliphatic carbocycles. The maximum absolute atomic E-state index is 15.1. The molecule has 0 bridgehead atoms. The van der Waals surface area contributed by atoms with E-state index < -0.39 is 17.2 Å². The van der Waals surface area contributed by atoms with Gasteiger partial charge in [-0.05, 0) is 46.5 Å². The van der Waals surface area contributed by atoms with Gasteiger partial charge in [-0.15, -0.1) is 11.3 Å². The van der Waals surface area contributed by atoms with E-state index in [0.717, 1.165) is 35.4 Å². The third-order valence-corrected chi connectivity index (χ3v) is 10.3. The topological polar surface area (TPSA) is 91.8 Å². The zero-order chi connectivity index (χ0) is 23.3. The lowest BCUT2D eigenvalue weighted by Gasteiger charge is -2.13.